The molecule has 1 heterocycles. The Balaban J connectivity index is 1.69. The van der Waals surface area contributed by atoms with Crippen molar-refractivity contribution in [2.24, 2.45) is 5.92 Å². The molecule has 5 nitrogen and oxygen atoms in total. The van der Waals surface area contributed by atoms with E-state index in [1.54, 1.807) is 12.1 Å². The summed E-state index contributed by atoms with van der Waals surface area (Å²) in [6.45, 7) is 3.73. The van der Waals surface area contributed by atoms with E-state index in [2.05, 4.69) is 15.3 Å². The number of rotatable bonds is 6. The zero-order chi connectivity index (χ0) is 17.8. The van der Waals surface area contributed by atoms with Crippen LogP contribution in [0.25, 0.3) is 11.0 Å². The molecular weight excluding hydrogens is 321 g/mol. The first-order valence-electron chi connectivity index (χ1n) is 8.16. The Bertz CT molecular complexity index is 843. The summed E-state index contributed by atoms with van der Waals surface area (Å²) in [6, 6.07) is 13.4. The van der Waals surface area contributed by atoms with Gasteiger partial charge < -0.3 is 15.0 Å². The smallest absolute Gasteiger partial charge is 0.258 e. The maximum absolute atomic E-state index is 13.5. The van der Waals surface area contributed by atoms with Gasteiger partial charge in [-0.2, -0.15) is 0 Å². The standard InChI is InChI=1S/C19H20FN3O2/c1-12(2)18(19-21-14-8-4-5-9-15(14)22-19)23-17(24)11-25-16-10-6-3-7-13(16)20/h3-10,12,18H,11H2,1-2H3,(H,21,22)(H,23,24). The Hall–Kier alpha value is -2.89. The molecule has 0 saturated heterocycles. The second-order valence-electron chi connectivity index (χ2n) is 6.15. The number of aromatic nitrogens is 2. The molecule has 0 fully saturated rings. The Labute approximate surface area is 145 Å². The highest BCUT2D eigenvalue weighted by Crippen LogP contribution is 2.22. The first kappa shape index (κ1) is 17.0. The maximum Gasteiger partial charge on any atom is 0.258 e. The molecule has 1 unspecified atom stereocenters. The second kappa shape index (κ2) is 7.34. The predicted molar refractivity (Wildman–Crippen MR) is 93.7 cm³/mol. The number of ether oxygens (including phenoxy) is 1. The fraction of sp³-hybridized carbons (Fsp3) is 0.263. The topological polar surface area (TPSA) is 67.0 Å². The number of amides is 1. The van der Waals surface area contributed by atoms with E-state index in [1.807, 2.05) is 38.1 Å². The van der Waals surface area contributed by atoms with Crippen LogP contribution in [0.15, 0.2) is 48.5 Å². The minimum atomic E-state index is -0.493. The summed E-state index contributed by atoms with van der Waals surface area (Å²) in [6.07, 6.45) is 0. The molecule has 1 amide bonds. The molecule has 3 rings (SSSR count). The van der Waals surface area contributed by atoms with E-state index in [4.69, 9.17) is 4.74 Å². The molecule has 0 aliphatic rings. The number of carbonyl (C=O) groups excluding carboxylic acids is 1. The summed E-state index contributed by atoms with van der Waals surface area (Å²) in [5.74, 6) is 0.0475. The van der Waals surface area contributed by atoms with Gasteiger partial charge in [0.1, 0.15) is 5.82 Å². The van der Waals surface area contributed by atoms with Gasteiger partial charge in [0.2, 0.25) is 0 Å². The SMILES string of the molecule is CC(C)C(NC(=O)COc1ccccc1F)c1nc2ccccc2[nH]1. The molecule has 0 aliphatic heterocycles. The molecule has 2 aromatic carbocycles. The van der Waals surface area contributed by atoms with E-state index >= 15 is 0 Å². The van der Waals surface area contributed by atoms with Gasteiger partial charge in [-0.15, -0.1) is 0 Å². The molecule has 0 spiro atoms. The van der Waals surface area contributed by atoms with Gasteiger partial charge in [-0.1, -0.05) is 38.1 Å². The number of hydrogen-bond donors (Lipinski definition) is 2. The summed E-state index contributed by atoms with van der Waals surface area (Å²) >= 11 is 0. The quantitative estimate of drug-likeness (QED) is 0.720. The fourth-order valence-electron chi connectivity index (χ4n) is 2.59. The van der Waals surface area contributed by atoms with Crippen molar-refractivity contribution in [3.8, 4) is 5.75 Å². The number of benzene rings is 2. The van der Waals surface area contributed by atoms with Crippen molar-refractivity contribution in [1.82, 2.24) is 15.3 Å². The van der Waals surface area contributed by atoms with E-state index in [-0.39, 0.29) is 30.2 Å². The zero-order valence-electron chi connectivity index (χ0n) is 14.1. The number of para-hydroxylation sites is 3. The number of halogens is 1. The lowest BCUT2D eigenvalue weighted by atomic mass is 10.0. The van der Waals surface area contributed by atoms with Crippen LogP contribution < -0.4 is 10.1 Å². The lowest BCUT2D eigenvalue weighted by Crippen LogP contribution is -2.35. The van der Waals surface area contributed by atoms with Crippen molar-refractivity contribution < 1.29 is 13.9 Å². The third kappa shape index (κ3) is 3.96. The van der Waals surface area contributed by atoms with Crippen molar-refractivity contribution in [1.29, 1.82) is 0 Å². The third-order valence-electron chi connectivity index (χ3n) is 3.88. The summed E-state index contributed by atoms with van der Waals surface area (Å²) in [5.41, 5.74) is 1.76. The van der Waals surface area contributed by atoms with Crippen molar-refractivity contribution in [3.63, 3.8) is 0 Å². The molecule has 25 heavy (non-hydrogen) atoms. The molecule has 1 aromatic heterocycles. The molecule has 1 atom stereocenters. The van der Waals surface area contributed by atoms with E-state index in [0.29, 0.717) is 5.82 Å². The van der Waals surface area contributed by atoms with Gasteiger partial charge in [-0.3, -0.25) is 4.79 Å². The average Bonchev–Trinajstić information content (AvgIpc) is 3.02. The van der Waals surface area contributed by atoms with Gasteiger partial charge in [-0.25, -0.2) is 9.37 Å². The van der Waals surface area contributed by atoms with Crippen LogP contribution in [0.4, 0.5) is 4.39 Å². The number of carbonyl (C=O) groups is 1. The van der Waals surface area contributed by atoms with Gasteiger partial charge in [0.15, 0.2) is 18.2 Å². The molecule has 0 aliphatic carbocycles. The molecule has 0 radical (unpaired) electrons. The minimum absolute atomic E-state index is 0.0579. The Morgan fingerprint density at radius 2 is 1.92 bits per heavy atom. The molecule has 3 aromatic rings. The van der Waals surface area contributed by atoms with Crippen LogP contribution in [0.3, 0.4) is 0 Å². The van der Waals surface area contributed by atoms with Crippen molar-refractivity contribution in [2.45, 2.75) is 19.9 Å². The van der Waals surface area contributed by atoms with Gasteiger partial charge >= 0.3 is 0 Å². The molecule has 130 valence electrons. The maximum atomic E-state index is 13.5. The minimum Gasteiger partial charge on any atom is -0.481 e. The second-order valence-corrected chi connectivity index (χ2v) is 6.15. The zero-order valence-corrected chi connectivity index (χ0v) is 14.1. The number of hydrogen-bond acceptors (Lipinski definition) is 3. The normalized spacial score (nSPS) is 12.3. The highest BCUT2D eigenvalue weighted by molar-refractivity contribution is 5.78. The molecule has 2 N–H and O–H groups in total. The van der Waals surface area contributed by atoms with E-state index in [9.17, 15) is 9.18 Å². The molecule has 6 heteroatoms. The van der Waals surface area contributed by atoms with E-state index in [1.165, 1.54) is 12.1 Å². The third-order valence-corrected chi connectivity index (χ3v) is 3.88. The lowest BCUT2D eigenvalue weighted by molar-refractivity contribution is -0.124. The molecule has 0 bridgehead atoms. The van der Waals surface area contributed by atoms with Crippen molar-refractivity contribution in [3.05, 3.63) is 60.2 Å². The summed E-state index contributed by atoms with van der Waals surface area (Å²) in [7, 11) is 0. The number of fused-ring (bicyclic) bond motifs is 1. The van der Waals surface area contributed by atoms with Gasteiger partial charge in [0.25, 0.3) is 5.91 Å². The lowest BCUT2D eigenvalue weighted by Gasteiger charge is -2.20. The Morgan fingerprint density at radius 1 is 1.20 bits per heavy atom. The summed E-state index contributed by atoms with van der Waals surface area (Å²) in [4.78, 5) is 20.0. The van der Waals surface area contributed by atoms with Crippen molar-refractivity contribution >= 4 is 16.9 Å². The van der Waals surface area contributed by atoms with Crippen LogP contribution in [0.1, 0.15) is 25.7 Å². The van der Waals surface area contributed by atoms with Crippen LogP contribution in [0, 0.1) is 11.7 Å². The predicted octanol–water partition coefficient (Wildman–Crippen LogP) is 3.59. The number of imidazole rings is 1. The van der Waals surface area contributed by atoms with Gasteiger partial charge in [0, 0.05) is 0 Å². The number of nitrogens with zero attached hydrogens (tertiary/aromatic N) is 1. The number of H-pyrrole nitrogens is 1. The van der Waals surface area contributed by atoms with Gasteiger partial charge in [0.05, 0.1) is 17.1 Å². The monoisotopic (exact) mass is 341 g/mol. The average molecular weight is 341 g/mol. The Morgan fingerprint density at radius 3 is 2.64 bits per heavy atom. The largest absolute Gasteiger partial charge is 0.481 e. The van der Waals surface area contributed by atoms with Crippen LogP contribution in [0.5, 0.6) is 5.75 Å². The van der Waals surface area contributed by atoms with E-state index in [0.717, 1.165) is 11.0 Å². The highest BCUT2D eigenvalue weighted by Gasteiger charge is 2.22. The van der Waals surface area contributed by atoms with Crippen molar-refractivity contribution in [2.75, 3.05) is 6.61 Å². The van der Waals surface area contributed by atoms with Crippen LogP contribution in [-0.2, 0) is 4.79 Å². The number of aromatic amines is 1. The first-order chi connectivity index (χ1) is 12.0. The van der Waals surface area contributed by atoms with Gasteiger partial charge in [-0.05, 0) is 30.2 Å². The summed E-state index contributed by atoms with van der Waals surface area (Å²) < 4.78 is 18.8. The molecular formula is C19H20FN3O2. The van der Waals surface area contributed by atoms with Crippen LogP contribution in [-0.4, -0.2) is 22.5 Å². The summed E-state index contributed by atoms with van der Waals surface area (Å²) in [5, 5.41) is 2.90. The van der Waals surface area contributed by atoms with Crippen LogP contribution >= 0.6 is 0 Å². The highest BCUT2D eigenvalue weighted by atomic mass is 19.1. The Kier molecular flexibility index (Phi) is 4.97. The fourth-order valence-corrected chi connectivity index (χ4v) is 2.59. The van der Waals surface area contributed by atoms with Crippen LogP contribution in [0.2, 0.25) is 0 Å². The number of nitrogens with one attached hydrogen (secondary N) is 2. The van der Waals surface area contributed by atoms with E-state index < -0.39 is 5.82 Å². The molecule has 0 saturated carbocycles. The first-order valence-corrected chi connectivity index (χ1v) is 8.16.